The summed E-state index contributed by atoms with van der Waals surface area (Å²) in [6, 6.07) is 17.5. The minimum absolute atomic E-state index is 0.0863. The van der Waals surface area contributed by atoms with E-state index in [1.807, 2.05) is 18.2 Å². The Hall–Kier alpha value is -3.75. The van der Waals surface area contributed by atoms with Gasteiger partial charge >= 0.3 is 5.97 Å². The molecule has 9 heteroatoms. The van der Waals surface area contributed by atoms with Crippen LogP contribution >= 0.6 is 11.6 Å². The van der Waals surface area contributed by atoms with Crippen molar-refractivity contribution in [1.29, 1.82) is 0 Å². The summed E-state index contributed by atoms with van der Waals surface area (Å²) in [7, 11) is -3.63. The Balaban J connectivity index is 1.83. The van der Waals surface area contributed by atoms with Crippen molar-refractivity contribution in [2.75, 3.05) is 6.26 Å². The number of aliphatic carboxylic acids is 1. The Morgan fingerprint density at radius 2 is 1.79 bits per heavy atom. The number of nitrogens with one attached hydrogen (secondary N) is 1. The molecule has 4 aromatic rings. The van der Waals surface area contributed by atoms with Gasteiger partial charge in [-0.1, -0.05) is 54.4 Å². The summed E-state index contributed by atoms with van der Waals surface area (Å²) in [5.74, 6) is -1.58. The van der Waals surface area contributed by atoms with Crippen LogP contribution in [-0.4, -0.2) is 35.9 Å². The second-order valence-corrected chi connectivity index (χ2v) is 11.8. The minimum Gasteiger partial charge on any atom is -0.478 e. The molecule has 5 rings (SSSR count). The number of carbonyl (C=O) groups is 1. The summed E-state index contributed by atoms with van der Waals surface area (Å²) in [6.45, 7) is 0. The van der Waals surface area contributed by atoms with Crippen molar-refractivity contribution in [1.82, 2.24) is 10.2 Å². The van der Waals surface area contributed by atoms with Gasteiger partial charge in [-0.05, 0) is 82.5 Å². The van der Waals surface area contributed by atoms with Crippen LogP contribution in [0.15, 0.2) is 71.6 Å². The number of benzene rings is 3. The maximum Gasteiger partial charge on any atom is 0.328 e. The van der Waals surface area contributed by atoms with Crippen LogP contribution in [-0.2, 0) is 14.6 Å². The molecular formula is C29H24ClFN2O4S. The first-order valence-electron chi connectivity index (χ1n) is 12.0. The average molecular weight is 551 g/mol. The number of sulfone groups is 1. The zero-order valence-electron chi connectivity index (χ0n) is 20.4. The van der Waals surface area contributed by atoms with E-state index in [0.717, 1.165) is 48.3 Å². The number of rotatable bonds is 7. The van der Waals surface area contributed by atoms with E-state index in [4.69, 9.17) is 16.7 Å². The van der Waals surface area contributed by atoms with Crippen LogP contribution in [0.25, 0.3) is 28.1 Å². The lowest BCUT2D eigenvalue weighted by molar-refractivity contribution is -0.131. The fourth-order valence-corrected chi connectivity index (χ4v) is 5.98. The third-order valence-electron chi connectivity index (χ3n) is 6.84. The predicted octanol–water partition coefficient (Wildman–Crippen LogP) is 6.62. The molecule has 0 aliphatic heterocycles. The van der Waals surface area contributed by atoms with E-state index in [9.17, 15) is 17.6 Å². The molecule has 0 saturated heterocycles. The number of halogens is 2. The van der Waals surface area contributed by atoms with Crippen molar-refractivity contribution in [2.45, 2.75) is 24.2 Å². The molecule has 0 atom stereocenters. The molecule has 3 aromatic carbocycles. The molecule has 0 radical (unpaired) electrons. The summed E-state index contributed by atoms with van der Waals surface area (Å²) in [5.41, 5.74) is 4.94. The van der Waals surface area contributed by atoms with Crippen LogP contribution in [0.1, 0.15) is 41.5 Å². The van der Waals surface area contributed by atoms with E-state index in [-0.39, 0.29) is 10.8 Å². The summed E-state index contributed by atoms with van der Waals surface area (Å²) < 4.78 is 40.3. The molecule has 0 bridgehead atoms. The lowest BCUT2D eigenvalue weighted by Crippen LogP contribution is -2.17. The number of allylic oxidation sites excluding steroid dienone is 1. The number of fused-ring (bicyclic) bond motifs is 1. The Bertz CT molecular complexity index is 1720. The number of carboxylic acids is 1. The Kier molecular flexibility index (Phi) is 6.94. The topological polar surface area (TPSA) is 100 Å². The highest BCUT2D eigenvalue weighted by atomic mass is 35.5. The van der Waals surface area contributed by atoms with Gasteiger partial charge in [0.25, 0.3) is 0 Å². The van der Waals surface area contributed by atoms with E-state index >= 15 is 0 Å². The number of H-pyrrole nitrogens is 1. The molecule has 1 fully saturated rings. The first-order chi connectivity index (χ1) is 18.1. The Morgan fingerprint density at radius 1 is 1.08 bits per heavy atom. The van der Waals surface area contributed by atoms with E-state index in [2.05, 4.69) is 10.2 Å². The number of hydrogen-bond acceptors (Lipinski definition) is 4. The van der Waals surface area contributed by atoms with Gasteiger partial charge in [-0.3, -0.25) is 5.10 Å². The van der Waals surface area contributed by atoms with Crippen molar-refractivity contribution < 1.29 is 22.7 Å². The van der Waals surface area contributed by atoms with Crippen molar-refractivity contribution in [3.8, 4) is 0 Å². The SMILES string of the molecule is CS(=O)(=O)c1cc(Cl)ccc1C(=C(c1ccc(C=CC(=O)O)cc1)c1ccc2[nH]nc(F)c2c1)C1CCC1. The number of nitrogens with zero attached hydrogens (tertiary/aromatic N) is 1. The largest absolute Gasteiger partial charge is 0.478 e. The first-order valence-corrected chi connectivity index (χ1v) is 14.3. The second-order valence-electron chi connectivity index (χ2n) is 9.40. The van der Waals surface area contributed by atoms with Crippen molar-refractivity contribution >= 4 is 55.5 Å². The third-order valence-corrected chi connectivity index (χ3v) is 8.21. The highest BCUT2D eigenvalue weighted by Crippen LogP contribution is 2.47. The lowest BCUT2D eigenvalue weighted by atomic mass is 9.73. The monoisotopic (exact) mass is 550 g/mol. The fraction of sp³-hybridized carbons (Fsp3) is 0.172. The van der Waals surface area contributed by atoms with Gasteiger partial charge in [0.2, 0.25) is 5.95 Å². The molecule has 38 heavy (non-hydrogen) atoms. The van der Waals surface area contributed by atoms with Gasteiger partial charge in [-0.2, -0.15) is 4.39 Å². The van der Waals surface area contributed by atoms with Crippen LogP contribution in [0.2, 0.25) is 5.02 Å². The summed E-state index contributed by atoms with van der Waals surface area (Å²) in [4.78, 5) is 11.1. The second kappa shape index (κ2) is 10.2. The zero-order valence-corrected chi connectivity index (χ0v) is 22.0. The van der Waals surface area contributed by atoms with E-state index in [1.165, 1.54) is 12.1 Å². The Morgan fingerprint density at radius 3 is 2.42 bits per heavy atom. The highest BCUT2D eigenvalue weighted by Gasteiger charge is 2.30. The summed E-state index contributed by atoms with van der Waals surface area (Å²) >= 11 is 6.23. The molecular weight excluding hydrogens is 527 g/mol. The van der Waals surface area contributed by atoms with Crippen LogP contribution in [0.4, 0.5) is 4.39 Å². The summed E-state index contributed by atoms with van der Waals surface area (Å²) in [6.07, 6.45) is 6.50. The van der Waals surface area contributed by atoms with Gasteiger partial charge in [0.1, 0.15) is 0 Å². The van der Waals surface area contributed by atoms with Crippen LogP contribution in [0.3, 0.4) is 0 Å². The smallest absolute Gasteiger partial charge is 0.328 e. The number of aromatic amines is 1. The van der Waals surface area contributed by atoms with Crippen molar-refractivity contribution in [2.24, 2.45) is 5.92 Å². The highest BCUT2D eigenvalue weighted by molar-refractivity contribution is 7.90. The van der Waals surface area contributed by atoms with Gasteiger partial charge in [0, 0.05) is 17.4 Å². The van der Waals surface area contributed by atoms with Gasteiger partial charge in [-0.25, -0.2) is 13.2 Å². The van der Waals surface area contributed by atoms with Gasteiger partial charge in [0.05, 0.1) is 15.8 Å². The lowest BCUT2D eigenvalue weighted by Gasteiger charge is -2.32. The molecule has 2 N–H and O–H groups in total. The third kappa shape index (κ3) is 5.14. The molecule has 0 amide bonds. The minimum atomic E-state index is -3.63. The number of aromatic nitrogens is 2. The number of hydrogen-bond donors (Lipinski definition) is 2. The average Bonchev–Trinajstić information content (AvgIpc) is 3.21. The molecule has 0 spiro atoms. The van der Waals surface area contributed by atoms with Gasteiger partial charge in [-0.15, -0.1) is 5.10 Å². The zero-order chi connectivity index (χ0) is 27.0. The maximum atomic E-state index is 14.5. The molecule has 1 aromatic heterocycles. The molecule has 1 saturated carbocycles. The van der Waals surface area contributed by atoms with E-state index < -0.39 is 21.8 Å². The molecule has 1 aliphatic carbocycles. The first kappa shape index (κ1) is 25.9. The maximum absolute atomic E-state index is 14.5. The van der Waals surface area contributed by atoms with E-state index in [1.54, 1.807) is 36.4 Å². The quantitative estimate of drug-likeness (QED) is 0.199. The van der Waals surface area contributed by atoms with Gasteiger partial charge < -0.3 is 5.11 Å². The molecule has 194 valence electrons. The summed E-state index contributed by atoms with van der Waals surface area (Å²) in [5, 5.41) is 16.0. The van der Waals surface area contributed by atoms with Crippen molar-refractivity contribution in [3.63, 3.8) is 0 Å². The molecule has 1 aliphatic rings. The Labute approximate surface area is 224 Å². The van der Waals surface area contributed by atoms with Crippen LogP contribution in [0, 0.1) is 11.9 Å². The normalized spacial score (nSPS) is 15.0. The fourth-order valence-electron chi connectivity index (χ4n) is 4.82. The molecule has 6 nitrogen and oxygen atoms in total. The van der Waals surface area contributed by atoms with E-state index in [0.29, 0.717) is 32.6 Å². The standard InChI is InChI=1S/C29H24ClFN2O4S/c1-38(36,37)25-16-21(30)11-12-22(25)28(18-3-2-4-18)27(19-8-5-17(6-9-19)7-14-26(34)35)20-10-13-24-23(15-20)29(31)33-32-24/h5-16,18H,2-4H2,1H3,(H,32,33)(H,34,35). The van der Waals surface area contributed by atoms with Gasteiger partial charge in [0.15, 0.2) is 9.84 Å². The number of carboxylic acid groups (broad SMARTS) is 1. The molecule has 0 unspecified atom stereocenters. The predicted molar refractivity (Wildman–Crippen MR) is 147 cm³/mol. The van der Waals surface area contributed by atoms with Crippen molar-refractivity contribution in [3.05, 3.63) is 100.0 Å². The van der Waals surface area contributed by atoms with Crippen LogP contribution in [0.5, 0.6) is 0 Å². The van der Waals surface area contributed by atoms with Crippen LogP contribution < -0.4 is 0 Å². The molecule has 1 heterocycles.